The maximum absolute atomic E-state index is 13.4. The molecule has 0 bridgehead atoms. The summed E-state index contributed by atoms with van der Waals surface area (Å²) in [5.41, 5.74) is 0.729. The Labute approximate surface area is 161 Å². The number of aromatic amines is 1. The lowest BCUT2D eigenvalue weighted by molar-refractivity contribution is 0.0667. The zero-order valence-corrected chi connectivity index (χ0v) is 15.8. The molecule has 1 N–H and O–H groups in total. The molecule has 0 saturated carbocycles. The van der Waals surface area contributed by atoms with Crippen LogP contribution in [0.1, 0.15) is 42.6 Å². The molecule has 0 aliphatic rings. The van der Waals surface area contributed by atoms with Crippen LogP contribution < -0.4 is 5.56 Å². The van der Waals surface area contributed by atoms with Crippen LogP contribution in [0.4, 0.5) is 0 Å². The van der Waals surface area contributed by atoms with Crippen LogP contribution in [0.25, 0.3) is 21.7 Å². The zero-order valence-electron chi connectivity index (χ0n) is 15.8. The average molecular weight is 375 g/mol. The molecule has 28 heavy (non-hydrogen) atoms. The number of amides is 1. The van der Waals surface area contributed by atoms with E-state index in [-0.39, 0.29) is 23.2 Å². The summed E-state index contributed by atoms with van der Waals surface area (Å²) in [6.45, 7) is 4.51. The first-order valence-corrected chi connectivity index (χ1v) is 9.37. The van der Waals surface area contributed by atoms with Gasteiger partial charge < -0.3 is 9.32 Å². The minimum Gasteiger partial charge on any atom is -0.459 e. The summed E-state index contributed by atoms with van der Waals surface area (Å²) in [5.74, 6) is 0.485. The van der Waals surface area contributed by atoms with E-state index in [1.807, 2.05) is 44.2 Å². The van der Waals surface area contributed by atoms with E-state index in [4.69, 9.17) is 4.42 Å². The molecule has 0 saturated heterocycles. The first-order valence-electron chi connectivity index (χ1n) is 9.37. The Hall–Kier alpha value is -3.41. The van der Waals surface area contributed by atoms with Gasteiger partial charge in [-0.2, -0.15) is 5.10 Å². The summed E-state index contributed by atoms with van der Waals surface area (Å²) >= 11 is 0. The highest BCUT2D eigenvalue weighted by atomic mass is 16.3. The third-order valence-electron chi connectivity index (χ3n) is 4.95. The van der Waals surface area contributed by atoms with E-state index in [1.54, 1.807) is 29.2 Å². The van der Waals surface area contributed by atoms with Crippen LogP contribution in [-0.2, 0) is 0 Å². The number of hydrogen-bond donors (Lipinski definition) is 1. The lowest BCUT2D eigenvalue weighted by Gasteiger charge is -2.27. The molecule has 2 aromatic heterocycles. The van der Waals surface area contributed by atoms with Gasteiger partial charge in [0.1, 0.15) is 11.3 Å². The maximum Gasteiger partial charge on any atom is 0.275 e. The van der Waals surface area contributed by atoms with Crippen LogP contribution in [0, 0.1) is 0 Å². The van der Waals surface area contributed by atoms with Crippen molar-refractivity contribution >= 4 is 27.6 Å². The first-order chi connectivity index (χ1) is 13.6. The molecule has 0 radical (unpaired) electrons. The van der Waals surface area contributed by atoms with E-state index >= 15 is 0 Å². The fraction of sp³-hybridized carbons (Fsp3) is 0.227. The third kappa shape index (κ3) is 3.07. The Balaban J connectivity index is 1.76. The van der Waals surface area contributed by atoms with Crippen molar-refractivity contribution in [2.75, 3.05) is 6.54 Å². The van der Waals surface area contributed by atoms with Crippen LogP contribution >= 0.6 is 0 Å². The van der Waals surface area contributed by atoms with E-state index in [1.165, 1.54) is 0 Å². The molecule has 0 aliphatic carbocycles. The number of hydrogen-bond acceptors (Lipinski definition) is 4. The van der Waals surface area contributed by atoms with Crippen LogP contribution in [0.3, 0.4) is 0 Å². The Morgan fingerprint density at radius 3 is 2.61 bits per heavy atom. The fourth-order valence-electron chi connectivity index (χ4n) is 3.49. The van der Waals surface area contributed by atoms with E-state index in [0.29, 0.717) is 17.3 Å². The molecule has 0 fully saturated rings. The summed E-state index contributed by atoms with van der Waals surface area (Å²) in [6.07, 6.45) is 0.789. The minimum absolute atomic E-state index is 0.234. The highest BCUT2D eigenvalue weighted by Crippen LogP contribution is 2.29. The Morgan fingerprint density at radius 1 is 1.14 bits per heavy atom. The monoisotopic (exact) mass is 375 g/mol. The van der Waals surface area contributed by atoms with Gasteiger partial charge in [0, 0.05) is 17.3 Å². The van der Waals surface area contributed by atoms with E-state index in [9.17, 15) is 9.59 Å². The van der Waals surface area contributed by atoms with Crippen LogP contribution in [0.2, 0.25) is 0 Å². The topological polar surface area (TPSA) is 79.2 Å². The fourth-order valence-corrected chi connectivity index (χ4v) is 3.49. The number of fused-ring (bicyclic) bond motifs is 2. The van der Waals surface area contributed by atoms with Crippen LogP contribution in [-0.4, -0.2) is 27.5 Å². The van der Waals surface area contributed by atoms with Crippen molar-refractivity contribution in [3.05, 3.63) is 76.4 Å². The normalized spacial score (nSPS) is 12.4. The molecule has 2 aromatic carbocycles. The van der Waals surface area contributed by atoms with Gasteiger partial charge in [0.05, 0.1) is 11.4 Å². The minimum atomic E-state index is -0.306. The number of para-hydroxylation sites is 1. The number of furan rings is 1. The summed E-state index contributed by atoms with van der Waals surface area (Å²) < 4.78 is 5.98. The largest absolute Gasteiger partial charge is 0.459 e. The van der Waals surface area contributed by atoms with Gasteiger partial charge in [0.15, 0.2) is 5.69 Å². The van der Waals surface area contributed by atoms with Crippen molar-refractivity contribution in [2.24, 2.45) is 0 Å². The predicted molar refractivity (Wildman–Crippen MR) is 108 cm³/mol. The van der Waals surface area contributed by atoms with Crippen molar-refractivity contribution < 1.29 is 9.21 Å². The Morgan fingerprint density at radius 2 is 1.86 bits per heavy atom. The molecule has 0 aliphatic heterocycles. The molecular formula is C22H21N3O3. The second kappa shape index (κ2) is 7.31. The van der Waals surface area contributed by atoms with Gasteiger partial charge in [-0.25, -0.2) is 5.10 Å². The lowest BCUT2D eigenvalue weighted by atomic mass is 10.1. The highest BCUT2D eigenvalue weighted by Gasteiger charge is 2.27. The van der Waals surface area contributed by atoms with Gasteiger partial charge in [0.2, 0.25) is 0 Å². The number of carbonyl (C=O) groups is 1. The second-order valence-electron chi connectivity index (χ2n) is 6.81. The smallest absolute Gasteiger partial charge is 0.275 e. The molecule has 6 heteroatoms. The van der Waals surface area contributed by atoms with Gasteiger partial charge in [-0.3, -0.25) is 9.59 Å². The molecule has 1 atom stereocenters. The number of rotatable bonds is 5. The number of carbonyl (C=O) groups excluding carboxylic acids is 1. The second-order valence-corrected chi connectivity index (χ2v) is 6.81. The Kier molecular flexibility index (Phi) is 4.69. The van der Waals surface area contributed by atoms with Gasteiger partial charge in [-0.15, -0.1) is 0 Å². The van der Waals surface area contributed by atoms with E-state index in [2.05, 4.69) is 10.2 Å². The molecule has 4 aromatic rings. The van der Waals surface area contributed by atoms with Gasteiger partial charge in [0.25, 0.3) is 11.5 Å². The summed E-state index contributed by atoms with van der Waals surface area (Å²) in [5, 5.41) is 8.52. The van der Waals surface area contributed by atoms with Gasteiger partial charge >= 0.3 is 0 Å². The molecule has 142 valence electrons. The molecule has 0 unspecified atom stereocenters. The first kappa shape index (κ1) is 18.0. The van der Waals surface area contributed by atoms with Crippen molar-refractivity contribution in [2.45, 2.75) is 26.3 Å². The number of benzene rings is 2. The van der Waals surface area contributed by atoms with Crippen LogP contribution in [0.15, 0.2) is 63.8 Å². The number of aromatic nitrogens is 2. The predicted octanol–water partition coefficient (Wildman–Crippen LogP) is 4.28. The summed E-state index contributed by atoms with van der Waals surface area (Å²) in [6, 6.07) is 16.5. The molecular weight excluding hydrogens is 354 g/mol. The van der Waals surface area contributed by atoms with Crippen molar-refractivity contribution in [1.29, 1.82) is 0 Å². The average Bonchev–Trinajstić information content (AvgIpc) is 3.16. The molecule has 6 nitrogen and oxygen atoms in total. The number of nitrogens with one attached hydrogen (secondary N) is 1. The number of nitrogens with zero attached hydrogens (tertiary/aromatic N) is 2. The van der Waals surface area contributed by atoms with Crippen molar-refractivity contribution in [1.82, 2.24) is 15.1 Å². The van der Waals surface area contributed by atoms with Crippen molar-refractivity contribution in [3.63, 3.8) is 0 Å². The van der Waals surface area contributed by atoms with Crippen molar-refractivity contribution in [3.8, 4) is 0 Å². The quantitative estimate of drug-likeness (QED) is 0.564. The SMILES string of the molecule is CCCN(C(=O)c1n[nH]c(=O)c2ccccc12)[C@H](C)c1cc2ccccc2o1. The van der Waals surface area contributed by atoms with Crippen LogP contribution in [0.5, 0.6) is 0 Å². The van der Waals surface area contributed by atoms with E-state index in [0.717, 1.165) is 23.2 Å². The van der Waals surface area contributed by atoms with Gasteiger partial charge in [-0.1, -0.05) is 43.3 Å². The van der Waals surface area contributed by atoms with E-state index < -0.39 is 0 Å². The summed E-state index contributed by atoms with van der Waals surface area (Å²) in [4.78, 5) is 27.2. The Bertz CT molecular complexity index is 1180. The molecule has 2 heterocycles. The van der Waals surface area contributed by atoms with Gasteiger partial charge in [-0.05, 0) is 31.5 Å². The summed E-state index contributed by atoms with van der Waals surface area (Å²) in [7, 11) is 0. The maximum atomic E-state index is 13.4. The molecule has 0 spiro atoms. The molecule has 1 amide bonds. The third-order valence-corrected chi connectivity index (χ3v) is 4.95. The lowest BCUT2D eigenvalue weighted by Crippen LogP contribution is -2.35. The highest BCUT2D eigenvalue weighted by molar-refractivity contribution is 6.04. The zero-order chi connectivity index (χ0) is 19.7. The molecule has 4 rings (SSSR count). The number of H-pyrrole nitrogens is 1. The standard InChI is InChI=1S/C22H21N3O3/c1-3-12-25(14(2)19-13-15-8-4-7-11-18(15)28-19)22(27)20-16-9-5-6-10-17(16)21(26)24-23-20/h4-11,13-14H,3,12H2,1-2H3,(H,24,26)/t14-/m1/s1.